The number of anilines is 1. The Morgan fingerprint density at radius 2 is 1.71 bits per heavy atom. The van der Waals surface area contributed by atoms with Crippen LogP contribution >= 0.6 is 12.4 Å². The topological polar surface area (TPSA) is 78.7 Å². The van der Waals surface area contributed by atoms with E-state index in [4.69, 9.17) is 5.73 Å². The molecule has 150 valence electrons. The van der Waals surface area contributed by atoms with Crippen molar-refractivity contribution in [3.63, 3.8) is 0 Å². The van der Waals surface area contributed by atoms with E-state index in [0.29, 0.717) is 24.3 Å². The molecular formula is C21H27ClN4O2. The molecule has 1 fully saturated rings. The summed E-state index contributed by atoms with van der Waals surface area (Å²) >= 11 is 0. The number of carbonyl (C=O) groups excluding carboxylic acids is 2. The number of rotatable bonds is 5. The Hall–Kier alpha value is -2.41. The Balaban J connectivity index is 0.00000280. The molecule has 1 aliphatic rings. The molecule has 2 amide bonds. The van der Waals surface area contributed by atoms with Crippen LogP contribution in [0.25, 0.3) is 0 Å². The number of halogens is 1. The highest BCUT2D eigenvalue weighted by atomic mass is 35.5. The van der Waals surface area contributed by atoms with Crippen LogP contribution in [0.1, 0.15) is 21.8 Å². The van der Waals surface area contributed by atoms with Gasteiger partial charge in [-0.25, -0.2) is 0 Å². The quantitative estimate of drug-likeness (QED) is 0.803. The standard InChI is InChI=1S/C21H26N4O2.ClH/c1-24(2)21(27)16-8-10-17(11-9-16)23-20(26)14-25-12-18(19(22)13-25)15-6-4-3-5-7-15;/h3-11,18-19H,12-14,22H2,1-2H3,(H,23,26);1H/t18-,19+;/m0./s1. The van der Waals surface area contributed by atoms with Gasteiger partial charge in [0, 0.05) is 50.4 Å². The largest absolute Gasteiger partial charge is 0.345 e. The van der Waals surface area contributed by atoms with Crippen molar-refractivity contribution in [3.05, 3.63) is 65.7 Å². The number of likely N-dealkylation sites (tertiary alicyclic amines) is 1. The zero-order valence-corrected chi connectivity index (χ0v) is 17.0. The molecular weight excluding hydrogens is 376 g/mol. The highest BCUT2D eigenvalue weighted by Gasteiger charge is 2.31. The highest BCUT2D eigenvalue weighted by molar-refractivity contribution is 5.96. The SMILES string of the molecule is CN(C)C(=O)c1ccc(NC(=O)CN2C[C@@H](N)[C@H](c3ccccc3)C2)cc1.Cl. The molecule has 0 saturated carbocycles. The lowest BCUT2D eigenvalue weighted by Crippen LogP contribution is -2.33. The minimum Gasteiger partial charge on any atom is -0.345 e. The van der Waals surface area contributed by atoms with Gasteiger partial charge in [-0.15, -0.1) is 12.4 Å². The van der Waals surface area contributed by atoms with Crippen LogP contribution in [-0.2, 0) is 4.79 Å². The maximum atomic E-state index is 12.4. The second-order valence-electron chi connectivity index (χ2n) is 7.20. The molecule has 0 unspecified atom stereocenters. The van der Waals surface area contributed by atoms with E-state index in [9.17, 15) is 9.59 Å². The number of carbonyl (C=O) groups is 2. The molecule has 0 aliphatic carbocycles. The van der Waals surface area contributed by atoms with Gasteiger partial charge in [0.25, 0.3) is 5.91 Å². The van der Waals surface area contributed by atoms with E-state index in [2.05, 4.69) is 22.3 Å². The van der Waals surface area contributed by atoms with Crippen LogP contribution < -0.4 is 11.1 Å². The van der Waals surface area contributed by atoms with E-state index in [1.165, 1.54) is 10.5 Å². The third-order valence-electron chi connectivity index (χ3n) is 4.86. The highest BCUT2D eigenvalue weighted by Crippen LogP contribution is 2.26. The summed E-state index contributed by atoms with van der Waals surface area (Å²) in [7, 11) is 3.42. The summed E-state index contributed by atoms with van der Waals surface area (Å²) in [5, 5.41) is 2.89. The maximum absolute atomic E-state index is 12.4. The minimum atomic E-state index is -0.0809. The number of hydrogen-bond donors (Lipinski definition) is 2. The molecule has 2 aromatic carbocycles. The zero-order valence-electron chi connectivity index (χ0n) is 16.2. The summed E-state index contributed by atoms with van der Waals surface area (Å²) in [4.78, 5) is 27.9. The monoisotopic (exact) mass is 402 g/mol. The summed E-state index contributed by atoms with van der Waals surface area (Å²) in [6.07, 6.45) is 0. The maximum Gasteiger partial charge on any atom is 0.253 e. The average molecular weight is 403 g/mol. The van der Waals surface area contributed by atoms with Crippen LogP contribution in [0.2, 0.25) is 0 Å². The van der Waals surface area contributed by atoms with E-state index in [1.807, 2.05) is 18.2 Å². The predicted molar refractivity (Wildman–Crippen MR) is 114 cm³/mol. The normalized spacial score (nSPS) is 19.0. The lowest BCUT2D eigenvalue weighted by atomic mass is 9.95. The molecule has 1 heterocycles. The molecule has 0 radical (unpaired) electrons. The third kappa shape index (κ3) is 5.32. The molecule has 3 N–H and O–H groups in total. The molecule has 28 heavy (non-hydrogen) atoms. The number of amides is 2. The number of nitrogens with one attached hydrogen (secondary N) is 1. The predicted octanol–water partition coefficient (Wildman–Crippen LogP) is 2.18. The molecule has 7 heteroatoms. The van der Waals surface area contributed by atoms with Crippen molar-refractivity contribution in [2.45, 2.75) is 12.0 Å². The van der Waals surface area contributed by atoms with E-state index < -0.39 is 0 Å². The summed E-state index contributed by atoms with van der Waals surface area (Å²) in [5.74, 6) is 0.101. The van der Waals surface area contributed by atoms with Crippen LogP contribution in [0.15, 0.2) is 54.6 Å². The van der Waals surface area contributed by atoms with Crippen molar-refractivity contribution in [1.29, 1.82) is 0 Å². The van der Waals surface area contributed by atoms with Gasteiger partial charge in [-0.1, -0.05) is 30.3 Å². The van der Waals surface area contributed by atoms with Crippen molar-refractivity contribution in [2.24, 2.45) is 5.73 Å². The Morgan fingerprint density at radius 3 is 2.32 bits per heavy atom. The van der Waals surface area contributed by atoms with Gasteiger partial charge in [0.05, 0.1) is 6.54 Å². The average Bonchev–Trinajstić information content (AvgIpc) is 3.02. The first-order chi connectivity index (χ1) is 12.9. The second-order valence-corrected chi connectivity index (χ2v) is 7.20. The first-order valence-electron chi connectivity index (χ1n) is 9.08. The van der Waals surface area contributed by atoms with Crippen LogP contribution in [0.3, 0.4) is 0 Å². The lowest BCUT2D eigenvalue weighted by molar-refractivity contribution is -0.117. The van der Waals surface area contributed by atoms with Crippen LogP contribution in [0.4, 0.5) is 5.69 Å². The van der Waals surface area contributed by atoms with E-state index in [-0.39, 0.29) is 36.2 Å². The van der Waals surface area contributed by atoms with Crippen molar-refractivity contribution in [2.75, 3.05) is 39.0 Å². The molecule has 0 aromatic heterocycles. The Bertz CT molecular complexity index is 796. The molecule has 2 aromatic rings. The molecule has 0 spiro atoms. The molecule has 0 bridgehead atoms. The summed E-state index contributed by atoms with van der Waals surface area (Å²) < 4.78 is 0. The van der Waals surface area contributed by atoms with Gasteiger partial charge in [-0.2, -0.15) is 0 Å². The van der Waals surface area contributed by atoms with Gasteiger partial charge >= 0.3 is 0 Å². The van der Waals surface area contributed by atoms with Gasteiger partial charge in [0.15, 0.2) is 0 Å². The van der Waals surface area contributed by atoms with Gasteiger partial charge < -0.3 is 16.0 Å². The lowest BCUT2D eigenvalue weighted by Gasteiger charge is -2.16. The molecule has 2 atom stereocenters. The molecule has 3 rings (SSSR count). The van der Waals surface area contributed by atoms with Gasteiger partial charge in [-0.05, 0) is 29.8 Å². The fourth-order valence-electron chi connectivity index (χ4n) is 3.45. The molecule has 6 nitrogen and oxygen atoms in total. The Labute approximate surface area is 172 Å². The van der Waals surface area contributed by atoms with Crippen molar-refractivity contribution >= 4 is 29.9 Å². The van der Waals surface area contributed by atoms with Gasteiger partial charge in [0.1, 0.15) is 0 Å². The number of nitrogens with zero attached hydrogens (tertiary/aromatic N) is 2. The zero-order chi connectivity index (χ0) is 19.4. The fraction of sp³-hybridized carbons (Fsp3) is 0.333. The van der Waals surface area contributed by atoms with Gasteiger partial charge in [-0.3, -0.25) is 14.5 Å². The summed E-state index contributed by atoms with van der Waals surface area (Å²) in [5.41, 5.74) is 8.78. The van der Waals surface area contributed by atoms with Crippen molar-refractivity contribution in [3.8, 4) is 0 Å². The smallest absolute Gasteiger partial charge is 0.253 e. The van der Waals surface area contributed by atoms with E-state index in [1.54, 1.807) is 38.4 Å². The second kappa shape index (κ2) is 9.68. The first-order valence-corrected chi connectivity index (χ1v) is 9.08. The van der Waals surface area contributed by atoms with Crippen molar-refractivity contribution < 1.29 is 9.59 Å². The summed E-state index contributed by atoms with van der Waals surface area (Å²) in [6.45, 7) is 1.77. The number of benzene rings is 2. The number of hydrogen-bond acceptors (Lipinski definition) is 4. The van der Waals surface area contributed by atoms with Gasteiger partial charge in [0.2, 0.25) is 5.91 Å². The van der Waals surface area contributed by atoms with Crippen LogP contribution in [0, 0.1) is 0 Å². The number of nitrogens with two attached hydrogens (primary N) is 1. The van der Waals surface area contributed by atoms with E-state index >= 15 is 0 Å². The Kier molecular flexibility index (Phi) is 7.57. The van der Waals surface area contributed by atoms with E-state index in [0.717, 1.165) is 6.54 Å². The fourth-order valence-corrected chi connectivity index (χ4v) is 3.45. The third-order valence-corrected chi connectivity index (χ3v) is 4.86. The minimum absolute atomic E-state index is 0. The molecule has 1 aliphatic heterocycles. The van der Waals surface area contributed by atoms with Crippen LogP contribution in [0.5, 0.6) is 0 Å². The molecule has 1 saturated heterocycles. The van der Waals surface area contributed by atoms with Crippen molar-refractivity contribution in [1.82, 2.24) is 9.80 Å². The summed E-state index contributed by atoms with van der Waals surface area (Å²) in [6, 6.07) is 17.2. The first kappa shape index (κ1) is 21.9. The Morgan fingerprint density at radius 1 is 1.07 bits per heavy atom. The van der Waals surface area contributed by atoms with Crippen LogP contribution in [-0.4, -0.2) is 61.4 Å².